The zero-order chi connectivity index (χ0) is 75.1. The van der Waals surface area contributed by atoms with E-state index in [0.717, 1.165) is 108 Å². The van der Waals surface area contributed by atoms with E-state index in [1.165, 1.54) is 244 Å². The number of rotatable bonds is 81. The molecular formula is C83H162O17P2. The summed E-state index contributed by atoms with van der Waals surface area (Å²) in [6, 6.07) is 0. The Morgan fingerprint density at radius 3 is 0.667 bits per heavy atom. The summed E-state index contributed by atoms with van der Waals surface area (Å²) in [6.07, 6.45) is 62.6. The summed E-state index contributed by atoms with van der Waals surface area (Å²) in [5.74, 6) is 0.189. The molecule has 0 amide bonds. The Balaban J connectivity index is 5.23. The van der Waals surface area contributed by atoms with Crippen LogP contribution in [0.3, 0.4) is 0 Å². The van der Waals surface area contributed by atoms with E-state index in [-0.39, 0.29) is 25.7 Å². The third-order valence-electron chi connectivity index (χ3n) is 19.4. The molecule has 0 fully saturated rings. The molecule has 0 radical (unpaired) electrons. The summed E-state index contributed by atoms with van der Waals surface area (Å²) < 4.78 is 68.8. The fraction of sp³-hybridized carbons (Fsp3) is 0.952. The van der Waals surface area contributed by atoms with Crippen LogP contribution in [0.25, 0.3) is 0 Å². The highest BCUT2D eigenvalue weighted by Crippen LogP contribution is 2.45. The fourth-order valence-corrected chi connectivity index (χ4v) is 14.4. The number of esters is 4. The summed E-state index contributed by atoms with van der Waals surface area (Å²) in [7, 11) is -9.92. The fourth-order valence-electron chi connectivity index (χ4n) is 12.8. The van der Waals surface area contributed by atoms with Crippen molar-refractivity contribution in [3.63, 3.8) is 0 Å². The summed E-state index contributed by atoms with van der Waals surface area (Å²) in [6.45, 7) is 11.9. The quantitative estimate of drug-likeness (QED) is 0.0222. The number of ether oxygens (including phenoxy) is 4. The van der Waals surface area contributed by atoms with Crippen molar-refractivity contribution in [2.75, 3.05) is 39.6 Å². The van der Waals surface area contributed by atoms with E-state index in [9.17, 15) is 43.2 Å². The maximum Gasteiger partial charge on any atom is 0.472 e. The van der Waals surface area contributed by atoms with Crippen molar-refractivity contribution in [1.82, 2.24) is 0 Å². The monoisotopic (exact) mass is 1490 g/mol. The van der Waals surface area contributed by atoms with Crippen molar-refractivity contribution < 1.29 is 80.2 Å². The number of carbonyl (C=O) groups is 4. The first-order valence-corrected chi connectivity index (χ1v) is 45.8. The molecule has 5 atom stereocenters. The van der Waals surface area contributed by atoms with E-state index in [4.69, 9.17) is 37.0 Å². The standard InChI is InChI=1S/C83H162O17P2/c1-8-9-10-11-12-13-14-15-16-19-23-26-29-35-43-50-57-64-80(85)93-70-78(99-82(87)66-59-52-45-36-30-27-24-21-18-17-20-22-25-28-33-40-47-54-61-74(2)3)72-97-101(89,90)95-68-77(84)69-96-102(91,92)98-73-79(71-94-81(86)65-58-51-44-39-38-42-49-56-63-76(6)7)100-83(88)67-60-53-46-37-32-31-34-41-48-55-62-75(4)5/h74-79,84H,8-73H2,1-7H3,(H,89,90)(H,91,92)/t77-,78-,79-/m1/s1. The topological polar surface area (TPSA) is 237 Å². The Labute approximate surface area is 626 Å². The van der Waals surface area contributed by atoms with Crippen LogP contribution in [0.15, 0.2) is 0 Å². The molecule has 0 spiro atoms. The number of carbonyl (C=O) groups excluding carboxylic acids is 4. The van der Waals surface area contributed by atoms with Gasteiger partial charge in [0.2, 0.25) is 0 Å². The zero-order valence-corrected chi connectivity index (χ0v) is 68.9. The smallest absolute Gasteiger partial charge is 0.462 e. The Hall–Kier alpha value is -1.94. The van der Waals surface area contributed by atoms with Crippen molar-refractivity contribution in [3.05, 3.63) is 0 Å². The van der Waals surface area contributed by atoms with E-state index in [1.807, 2.05) is 0 Å². The molecule has 0 saturated carbocycles. The van der Waals surface area contributed by atoms with Crippen molar-refractivity contribution in [2.45, 2.75) is 452 Å². The number of hydrogen-bond acceptors (Lipinski definition) is 15. The second kappa shape index (κ2) is 73.2. The highest BCUT2D eigenvalue weighted by atomic mass is 31.2. The van der Waals surface area contributed by atoms with Gasteiger partial charge in [0.15, 0.2) is 12.2 Å². The van der Waals surface area contributed by atoms with Crippen LogP contribution in [-0.4, -0.2) is 96.7 Å². The van der Waals surface area contributed by atoms with E-state index >= 15 is 0 Å². The lowest BCUT2D eigenvalue weighted by atomic mass is 10.0. The molecule has 102 heavy (non-hydrogen) atoms. The van der Waals surface area contributed by atoms with Gasteiger partial charge in [0.05, 0.1) is 26.4 Å². The maximum atomic E-state index is 13.1. The van der Waals surface area contributed by atoms with Crippen LogP contribution in [0, 0.1) is 17.8 Å². The summed E-state index contributed by atoms with van der Waals surface area (Å²) >= 11 is 0. The number of phosphoric acid groups is 2. The first-order valence-electron chi connectivity index (χ1n) is 42.8. The second-order valence-electron chi connectivity index (χ2n) is 31.3. The minimum absolute atomic E-state index is 0.105. The molecule has 0 aromatic rings. The number of phosphoric ester groups is 2. The molecule has 0 aliphatic carbocycles. The molecule has 0 aliphatic heterocycles. The van der Waals surface area contributed by atoms with E-state index in [1.54, 1.807) is 0 Å². The van der Waals surface area contributed by atoms with Crippen LogP contribution in [0.5, 0.6) is 0 Å². The molecule has 19 heteroatoms. The first kappa shape index (κ1) is 100. The van der Waals surface area contributed by atoms with Crippen molar-refractivity contribution in [2.24, 2.45) is 17.8 Å². The van der Waals surface area contributed by atoms with Crippen LogP contribution < -0.4 is 0 Å². The van der Waals surface area contributed by atoms with Gasteiger partial charge >= 0.3 is 39.5 Å². The molecule has 606 valence electrons. The summed E-state index contributed by atoms with van der Waals surface area (Å²) in [5.41, 5.74) is 0. The molecule has 17 nitrogen and oxygen atoms in total. The Morgan fingerprint density at radius 2 is 0.451 bits per heavy atom. The van der Waals surface area contributed by atoms with Gasteiger partial charge in [-0.25, -0.2) is 9.13 Å². The highest BCUT2D eigenvalue weighted by molar-refractivity contribution is 7.47. The molecule has 0 bridgehead atoms. The second-order valence-corrected chi connectivity index (χ2v) is 34.2. The third-order valence-corrected chi connectivity index (χ3v) is 21.3. The van der Waals surface area contributed by atoms with Gasteiger partial charge < -0.3 is 33.8 Å². The van der Waals surface area contributed by atoms with Gasteiger partial charge in [0.1, 0.15) is 19.3 Å². The molecule has 0 aromatic heterocycles. The van der Waals surface area contributed by atoms with Gasteiger partial charge in [0.25, 0.3) is 0 Å². The summed E-state index contributed by atoms with van der Waals surface area (Å²) in [4.78, 5) is 73.1. The van der Waals surface area contributed by atoms with Crippen LogP contribution in [0.1, 0.15) is 434 Å². The lowest BCUT2D eigenvalue weighted by Crippen LogP contribution is -2.30. The van der Waals surface area contributed by atoms with Gasteiger partial charge in [0, 0.05) is 25.7 Å². The van der Waals surface area contributed by atoms with Gasteiger partial charge in [-0.2, -0.15) is 0 Å². The van der Waals surface area contributed by atoms with Crippen molar-refractivity contribution in [3.8, 4) is 0 Å². The molecule has 0 saturated heterocycles. The maximum absolute atomic E-state index is 13.1. The Bertz CT molecular complexity index is 1970. The van der Waals surface area contributed by atoms with Crippen LogP contribution >= 0.6 is 15.6 Å². The molecule has 2 unspecified atom stereocenters. The number of aliphatic hydroxyl groups excluding tert-OH is 1. The van der Waals surface area contributed by atoms with Gasteiger partial charge in [-0.3, -0.25) is 37.3 Å². The molecule has 0 heterocycles. The van der Waals surface area contributed by atoms with Crippen LogP contribution in [0.4, 0.5) is 0 Å². The predicted octanol–water partition coefficient (Wildman–Crippen LogP) is 24.9. The van der Waals surface area contributed by atoms with Crippen molar-refractivity contribution in [1.29, 1.82) is 0 Å². The molecule has 0 aliphatic rings. The Kier molecular flexibility index (Phi) is 71.8. The number of aliphatic hydroxyl groups is 1. The van der Waals surface area contributed by atoms with Crippen molar-refractivity contribution >= 4 is 39.5 Å². The molecule has 0 rings (SSSR count). The lowest BCUT2D eigenvalue weighted by molar-refractivity contribution is -0.161. The minimum atomic E-state index is -4.96. The SMILES string of the molecule is CCCCCCCCCCCCCCCCCCCC(=O)OC[C@H](COP(=O)(O)OC[C@@H](O)COP(=O)(O)OC[C@@H](COC(=O)CCCCCCCCCCC(C)C)OC(=O)CCCCCCCCCCCCC(C)C)OC(=O)CCCCCCCCCCCCCCCCCCCCC(C)C. The third kappa shape index (κ3) is 76.3. The minimum Gasteiger partial charge on any atom is -0.462 e. The zero-order valence-electron chi connectivity index (χ0n) is 67.1. The number of unbranched alkanes of at least 4 members (excludes halogenated alkanes) is 49. The molecular weight excluding hydrogens is 1330 g/mol. The first-order chi connectivity index (χ1) is 49.2. The summed E-state index contributed by atoms with van der Waals surface area (Å²) in [5, 5.41) is 10.7. The predicted molar refractivity (Wildman–Crippen MR) is 418 cm³/mol. The average Bonchev–Trinajstić information content (AvgIpc) is 0.942. The Morgan fingerprint density at radius 1 is 0.265 bits per heavy atom. The number of hydrogen-bond donors (Lipinski definition) is 3. The van der Waals surface area contributed by atoms with E-state index < -0.39 is 97.5 Å². The largest absolute Gasteiger partial charge is 0.472 e. The van der Waals surface area contributed by atoms with Gasteiger partial charge in [-0.15, -0.1) is 0 Å². The highest BCUT2D eigenvalue weighted by Gasteiger charge is 2.30. The lowest BCUT2D eigenvalue weighted by Gasteiger charge is -2.21. The average molecular weight is 1490 g/mol. The van der Waals surface area contributed by atoms with Crippen LogP contribution in [0.2, 0.25) is 0 Å². The van der Waals surface area contributed by atoms with Crippen LogP contribution in [-0.2, 0) is 65.4 Å². The molecule has 0 aromatic carbocycles. The van der Waals surface area contributed by atoms with Gasteiger partial charge in [-0.05, 0) is 43.4 Å². The normalized spacial score (nSPS) is 13.9. The van der Waals surface area contributed by atoms with E-state index in [0.29, 0.717) is 25.7 Å². The van der Waals surface area contributed by atoms with Gasteiger partial charge in [-0.1, -0.05) is 382 Å². The molecule has 3 N–H and O–H groups in total. The van der Waals surface area contributed by atoms with E-state index in [2.05, 4.69) is 48.5 Å².